The van der Waals surface area contributed by atoms with Gasteiger partial charge in [0, 0.05) is 16.6 Å². The molecule has 2 aromatic carbocycles. The van der Waals surface area contributed by atoms with E-state index in [0.717, 1.165) is 64.5 Å². The molecule has 4 rings (SSSR count). The normalized spacial score (nSPS) is 13.4. The summed E-state index contributed by atoms with van der Waals surface area (Å²) in [6.45, 7) is 0.942. The minimum absolute atomic E-state index is 0.766. The molecule has 0 radical (unpaired) electrons. The molecule has 1 N–H and O–H groups in total. The van der Waals surface area contributed by atoms with E-state index in [9.17, 15) is 0 Å². The third-order valence-corrected chi connectivity index (χ3v) is 5.39. The van der Waals surface area contributed by atoms with E-state index in [2.05, 4.69) is 33.4 Å². The Balaban J connectivity index is 1.96. The Morgan fingerprint density at radius 3 is 2.37 bits per heavy atom. The zero-order chi connectivity index (χ0) is 18.8. The summed E-state index contributed by atoms with van der Waals surface area (Å²) < 4.78 is 14.3. The van der Waals surface area contributed by atoms with Gasteiger partial charge in [0.05, 0.1) is 25.5 Å². The van der Waals surface area contributed by atoms with Crippen molar-refractivity contribution in [2.24, 2.45) is 0 Å². The maximum Gasteiger partial charge on any atom is 0.133 e. The van der Waals surface area contributed by atoms with Crippen LogP contribution in [0.5, 0.6) is 11.5 Å². The first kappa shape index (κ1) is 17.9. The predicted octanol–water partition coefficient (Wildman–Crippen LogP) is 5.07. The zero-order valence-corrected chi connectivity index (χ0v) is 17.0. The van der Waals surface area contributed by atoms with Crippen LogP contribution >= 0.6 is 15.9 Å². The Bertz CT molecular complexity index is 929. The molecule has 1 aromatic heterocycles. The molecule has 1 aliphatic rings. The highest BCUT2D eigenvalue weighted by Crippen LogP contribution is 2.42. The van der Waals surface area contributed by atoms with Crippen molar-refractivity contribution in [2.75, 3.05) is 26.1 Å². The maximum absolute atomic E-state index is 5.64. The molecule has 5 nitrogen and oxygen atoms in total. The van der Waals surface area contributed by atoms with Gasteiger partial charge in [-0.3, -0.25) is 0 Å². The van der Waals surface area contributed by atoms with Crippen LogP contribution in [0.1, 0.15) is 18.4 Å². The lowest BCUT2D eigenvalue weighted by molar-refractivity contribution is 0.397. The monoisotopic (exact) mass is 427 g/mol. The summed E-state index contributed by atoms with van der Waals surface area (Å²) in [6.07, 6.45) is 3.23. The van der Waals surface area contributed by atoms with Crippen molar-refractivity contribution in [1.82, 2.24) is 9.78 Å². The van der Waals surface area contributed by atoms with Crippen LogP contribution in [-0.2, 0) is 6.42 Å². The molecule has 6 heteroatoms. The van der Waals surface area contributed by atoms with Crippen LogP contribution in [0.4, 0.5) is 5.82 Å². The van der Waals surface area contributed by atoms with Crippen molar-refractivity contribution in [2.45, 2.75) is 19.3 Å². The molecule has 0 spiro atoms. The second kappa shape index (κ2) is 7.64. The van der Waals surface area contributed by atoms with E-state index < -0.39 is 0 Å². The Hall–Kier alpha value is -2.47. The van der Waals surface area contributed by atoms with E-state index in [0.29, 0.717) is 0 Å². The molecule has 0 aliphatic carbocycles. The van der Waals surface area contributed by atoms with E-state index >= 15 is 0 Å². The number of hydrogen-bond acceptors (Lipinski definition) is 4. The van der Waals surface area contributed by atoms with Gasteiger partial charge in [0.25, 0.3) is 0 Å². The number of nitrogens with one attached hydrogen (secondary N) is 1. The molecule has 0 saturated heterocycles. The second-order valence-corrected chi connectivity index (χ2v) is 7.40. The van der Waals surface area contributed by atoms with Crippen molar-refractivity contribution >= 4 is 21.7 Å². The van der Waals surface area contributed by atoms with E-state index in [1.807, 2.05) is 35.0 Å². The maximum atomic E-state index is 5.64. The first-order chi connectivity index (χ1) is 13.2. The average molecular weight is 428 g/mol. The fourth-order valence-electron chi connectivity index (χ4n) is 3.56. The predicted molar refractivity (Wildman–Crippen MR) is 111 cm³/mol. The van der Waals surface area contributed by atoms with Gasteiger partial charge in [-0.15, -0.1) is 0 Å². The van der Waals surface area contributed by atoms with Crippen LogP contribution in [0.3, 0.4) is 0 Å². The van der Waals surface area contributed by atoms with Crippen LogP contribution < -0.4 is 14.8 Å². The zero-order valence-electron chi connectivity index (χ0n) is 15.5. The molecule has 0 amide bonds. The van der Waals surface area contributed by atoms with Gasteiger partial charge in [-0.2, -0.15) is 5.10 Å². The van der Waals surface area contributed by atoms with Gasteiger partial charge in [-0.1, -0.05) is 22.0 Å². The van der Waals surface area contributed by atoms with E-state index in [-0.39, 0.29) is 0 Å². The quantitative estimate of drug-likeness (QED) is 0.631. The average Bonchev–Trinajstić information content (AvgIpc) is 2.88. The molecule has 0 fully saturated rings. The smallest absolute Gasteiger partial charge is 0.133 e. The highest BCUT2D eigenvalue weighted by Gasteiger charge is 2.25. The fourth-order valence-corrected chi connectivity index (χ4v) is 3.82. The fraction of sp³-hybridized carbons (Fsp3) is 0.286. The van der Waals surface area contributed by atoms with Crippen molar-refractivity contribution in [3.63, 3.8) is 0 Å². The first-order valence-corrected chi connectivity index (χ1v) is 9.85. The van der Waals surface area contributed by atoms with Gasteiger partial charge >= 0.3 is 0 Å². The molecule has 3 aromatic rings. The van der Waals surface area contributed by atoms with Gasteiger partial charge in [0.2, 0.25) is 0 Å². The lowest BCUT2D eigenvalue weighted by atomic mass is 10.0. The number of fused-ring (bicyclic) bond motifs is 1. The highest BCUT2D eigenvalue weighted by molar-refractivity contribution is 9.10. The van der Waals surface area contributed by atoms with Crippen LogP contribution in [-0.4, -0.2) is 30.5 Å². The standard InChI is InChI=1S/C21H22BrN3O2/c1-26-17-7-5-8-18(27-2)19(17)20-16-6-3-4-13-23-21(16)25(24-20)15-11-9-14(22)10-12-15/h5,7-12,23H,3-4,6,13H2,1-2H3. The summed E-state index contributed by atoms with van der Waals surface area (Å²) in [4.78, 5) is 0. The Kier molecular flexibility index (Phi) is 5.07. The van der Waals surface area contributed by atoms with Crippen molar-refractivity contribution in [1.29, 1.82) is 0 Å². The number of benzene rings is 2. The summed E-state index contributed by atoms with van der Waals surface area (Å²) in [5.41, 5.74) is 4.04. The number of methoxy groups -OCH3 is 2. The van der Waals surface area contributed by atoms with Crippen LogP contribution in [0.15, 0.2) is 46.9 Å². The van der Waals surface area contributed by atoms with Crippen LogP contribution in [0.2, 0.25) is 0 Å². The number of hydrogen-bond donors (Lipinski definition) is 1. The lowest BCUT2D eigenvalue weighted by Crippen LogP contribution is -2.07. The van der Waals surface area contributed by atoms with Crippen LogP contribution in [0.25, 0.3) is 16.9 Å². The first-order valence-electron chi connectivity index (χ1n) is 9.06. The van der Waals surface area contributed by atoms with Gasteiger partial charge in [0.1, 0.15) is 23.0 Å². The second-order valence-electron chi connectivity index (χ2n) is 6.49. The van der Waals surface area contributed by atoms with E-state index in [1.54, 1.807) is 14.2 Å². The Morgan fingerprint density at radius 2 is 1.70 bits per heavy atom. The van der Waals surface area contributed by atoms with E-state index in [1.165, 1.54) is 5.56 Å². The Labute approximate surface area is 167 Å². The molecular weight excluding hydrogens is 406 g/mol. The number of anilines is 1. The van der Waals surface area contributed by atoms with Crippen molar-refractivity contribution in [3.8, 4) is 28.4 Å². The van der Waals surface area contributed by atoms with Crippen molar-refractivity contribution < 1.29 is 9.47 Å². The van der Waals surface area contributed by atoms with Gasteiger partial charge in [0.15, 0.2) is 0 Å². The summed E-state index contributed by atoms with van der Waals surface area (Å²) >= 11 is 3.51. The third-order valence-electron chi connectivity index (χ3n) is 4.87. The topological polar surface area (TPSA) is 48.3 Å². The SMILES string of the molecule is COc1cccc(OC)c1-c1nn(-c2ccc(Br)cc2)c2c1CCCCN2. The van der Waals surface area contributed by atoms with Gasteiger partial charge in [-0.25, -0.2) is 4.68 Å². The van der Waals surface area contributed by atoms with Gasteiger partial charge in [-0.05, 0) is 55.7 Å². The minimum Gasteiger partial charge on any atom is -0.496 e. The summed E-state index contributed by atoms with van der Waals surface area (Å²) in [5.74, 6) is 2.58. The summed E-state index contributed by atoms with van der Waals surface area (Å²) in [5, 5.41) is 8.58. The third kappa shape index (κ3) is 3.30. The molecule has 140 valence electrons. The molecule has 0 bridgehead atoms. The molecular formula is C21H22BrN3O2. The van der Waals surface area contributed by atoms with E-state index in [4.69, 9.17) is 14.6 Å². The lowest BCUT2D eigenvalue weighted by Gasteiger charge is -2.12. The molecule has 0 saturated carbocycles. The molecule has 2 heterocycles. The number of nitrogens with zero attached hydrogens (tertiary/aromatic N) is 2. The van der Waals surface area contributed by atoms with Crippen LogP contribution in [0, 0.1) is 0 Å². The number of halogens is 1. The molecule has 1 aliphatic heterocycles. The largest absolute Gasteiger partial charge is 0.496 e. The minimum atomic E-state index is 0.766. The highest BCUT2D eigenvalue weighted by atomic mass is 79.9. The molecule has 0 unspecified atom stereocenters. The summed E-state index contributed by atoms with van der Waals surface area (Å²) in [7, 11) is 3.36. The molecule has 0 atom stereocenters. The summed E-state index contributed by atoms with van der Waals surface area (Å²) in [6, 6.07) is 14.0. The molecule has 27 heavy (non-hydrogen) atoms. The van der Waals surface area contributed by atoms with Crippen molar-refractivity contribution in [3.05, 3.63) is 52.5 Å². The van der Waals surface area contributed by atoms with Gasteiger partial charge < -0.3 is 14.8 Å². The number of rotatable bonds is 4. The number of ether oxygens (including phenoxy) is 2. The Morgan fingerprint density at radius 1 is 1.00 bits per heavy atom. The number of aromatic nitrogens is 2.